The second-order valence-electron chi connectivity index (χ2n) is 5.78. The molecule has 6 heteroatoms. The molecule has 2 aromatic rings. The molecular weight excluding hydrogens is 304 g/mol. The Hall–Kier alpha value is -2.63. The van der Waals surface area contributed by atoms with E-state index in [-0.39, 0.29) is 17.9 Å². The molecule has 2 amide bonds. The Balaban J connectivity index is 1.92. The third-order valence-corrected chi connectivity index (χ3v) is 3.85. The highest BCUT2D eigenvalue weighted by Crippen LogP contribution is 2.17. The van der Waals surface area contributed by atoms with E-state index in [4.69, 9.17) is 0 Å². The summed E-state index contributed by atoms with van der Waals surface area (Å²) in [6.07, 6.45) is 5.86. The molecule has 0 bridgehead atoms. The van der Waals surface area contributed by atoms with Crippen LogP contribution in [0.2, 0.25) is 0 Å². The van der Waals surface area contributed by atoms with Crippen LogP contribution in [0.15, 0.2) is 36.7 Å². The van der Waals surface area contributed by atoms with E-state index in [2.05, 4.69) is 22.5 Å². The van der Waals surface area contributed by atoms with Gasteiger partial charge in [0.15, 0.2) is 0 Å². The van der Waals surface area contributed by atoms with Gasteiger partial charge in [-0.25, -0.2) is 4.98 Å². The predicted molar refractivity (Wildman–Crippen MR) is 94.9 cm³/mol. The maximum atomic E-state index is 12.3. The van der Waals surface area contributed by atoms with E-state index in [1.165, 1.54) is 0 Å². The zero-order chi connectivity index (χ0) is 17.5. The second kappa shape index (κ2) is 8.29. The number of aromatic nitrogens is 2. The third kappa shape index (κ3) is 4.68. The first-order chi connectivity index (χ1) is 11.5. The first-order valence-corrected chi connectivity index (χ1v) is 8.21. The maximum Gasteiger partial charge on any atom is 0.247 e. The molecule has 128 valence electrons. The fourth-order valence-electron chi connectivity index (χ4n) is 2.37. The quantitative estimate of drug-likeness (QED) is 0.816. The number of amides is 2. The number of benzene rings is 1. The number of carbonyl (C=O) groups excluding carboxylic acids is 2. The van der Waals surface area contributed by atoms with Gasteiger partial charge in [0.1, 0.15) is 11.9 Å². The van der Waals surface area contributed by atoms with E-state index in [1.807, 2.05) is 18.4 Å². The van der Waals surface area contributed by atoms with Crippen molar-refractivity contribution in [2.24, 2.45) is 0 Å². The molecule has 1 heterocycles. The van der Waals surface area contributed by atoms with Crippen LogP contribution in [-0.4, -0.2) is 21.4 Å². The lowest BCUT2D eigenvalue weighted by Crippen LogP contribution is -2.24. The number of nitrogens with zero attached hydrogens (tertiary/aromatic N) is 2. The van der Waals surface area contributed by atoms with Crippen molar-refractivity contribution in [3.8, 4) is 0 Å². The van der Waals surface area contributed by atoms with E-state index in [1.54, 1.807) is 36.7 Å². The molecule has 1 atom stereocenters. The van der Waals surface area contributed by atoms with Crippen molar-refractivity contribution in [3.63, 3.8) is 0 Å². The number of hydrogen-bond acceptors (Lipinski definition) is 3. The van der Waals surface area contributed by atoms with Gasteiger partial charge in [-0.15, -0.1) is 0 Å². The molecule has 0 spiro atoms. The summed E-state index contributed by atoms with van der Waals surface area (Å²) in [5.41, 5.74) is 1.42. The Morgan fingerprint density at radius 2 is 1.79 bits per heavy atom. The summed E-state index contributed by atoms with van der Waals surface area (Å²) in [5.74, 6) is 0.691. The van der Waals surface area contributed by atoms with Crippen molar-refractivity contribution in [1.29, 1.82) is 0 Å². The van der Waals surface area contributed by atoms with Gasteiger partial charge < -0.3 is 15.2 Å². The molecule has 6 nitrogen and oxygen atoms in total. The Kier molecular flexibility index (Phi) is 6.12. The van der Waals surface area contributed by atoms with Crippen molar-refractivity contribution >= 4 is 23.2 Å². The van der Waals surface area contributed by atoms with Crippen LogP contribution < -0.4 is 10.6 Å². The smallest absolute Gasteiger partial charge is 0.247 e. The van der Waals surface area contributed by atoms with Crippen LogP contribution in [0.5, 0.6) is 0 Å². The number of nitrogens with one attached hydrogen (secondary N) is 2. The minimum Gasteiger partial charge on any atom is -0.326 e. The minimum absolute atomic E-state index is 0.0119. The summed E-state index contributed by atoms with van der Waals surface area (Å²) < 4.78 is 1.82. The van der Waals surface area contributed by atoms with Gasteiger partial charge in [0.2, 0.25) is 11.8 Å². The molecule has 0 aliphatic rings. The molecule has 0 aliphatic heterocycles. The lowest BCUT2D eigenvalue weighted by atomic mass is 10.2. The van der Waals surface area contributed by atoms with Crippen LogP contribution in [0.3, 0.4) is 0 Å². The minimum atomic E-state index is -0.346. The number of anilines is 2. The molecule has 0 unspecified atom stereocenters. The van der Waals surface area contributed by atoms with Gasteiger partial charge in [-0.3, -0.25) is 9.59 Å². The maximum absolute atomic E-state index is 12.3. The average molecular weight is 328 g/mol. The number of rotatable bonds is 7. The van der Waals surface area contributed by atoms with Gasteiger partial charge in [0, 0.05) is 30.2 Å². The molecule has 1 aromatic heterocycles. The molecule has 0 saturated carbocycles. The van der Waals surface area contributed by atoms with Gasteiger partial charge in [0.25, 0.3) is 0 Å². The number of aryl methyl sites for hydroxylation is 1. The summed E-state index contributed by atoms with van der Waals surface area (Å²) >= 11 is 0. The van der Waals surface area contributed by atoms with Crippen LogP contribution in [0.25, 0.3) is 0 Å². The molecule has 0 aliphatic carbocycles. The molecule has 0 saturated heterocycles. The lowest BCUT2D eigenvalue weighted by Gasteiger charge is -2.15. The summed E-state index contributed by atoms with van der Waals surface area (Å²) in [7, 11) is 0. The van der Waals surface area contributed by atoms with Crippen LogP contribution in [0, 0.1) is 6.92 Å². The summed E-state index contributed by atoms with van der Waals surface area (Å²) in [5, 5.41) is 5.72. The Labute approximate surface area is 142 Å². The van der Waals surface area contributed by atoms with Crippen molar-refractivity contribution in [1.82, 2.24) is 9.55 Å². The highest BCUT2D eigenvalue weighted by atomic mass is 16.2. The van der Waals surface area contributed by atoms with Crippen LogP contribution in [0.4, 0.5) is 11.4 Å². The zero-order valence-corrected chi connectivity index (χ0v) is 14.4. The van der Waals surface area contributed by atoms with Gasteiger partial charge in [0.05, 0.1) is 0 Å². The fourth-order valence-corrected chi connectivity index (χ4v) is 2.37. The van der Waals surface area contributed by atoms with Crippen molar-refractivity contribution in [2.45, 2.75) is 46.1 Å². The third-order valence-electron chi connectivity index (χ3n) is 3.85. The van der Waals surface area contributed by atoms with Crippen LogP contribution in [0.1, 0.15) is 45.0 Å². The summed E-state index contributed by atoms with van der Waals surface area (Å²) in [6.45, 7) is 5.74. The average Bonchev–Trinajstić information content (AvgIpc) is 3.00. The van der Waals surface area contributed by atoms with Gasteiger partial charge in [-0.1, -0.05) is 13.3 Å². The number of carbonyl (C=O) groups is 2. The molecule has 2 rings (SSSR count). The van der Waals surface area contributed by atoms with Gasteiger partial charge in [-0.2, -0.15) is 0 Å². The van der Waals surface area contributed by atoms with Crippen molar-refractivity contribution < 1.29 is 9.59 Å². The molecule has 0 radical (unpaired) electrons. The summed E-state index contributed by atoms with van der Waals surface area (Å²) in [4.78, 5) is 28.1. The first-order valence-electron chi connectivity index (χ1n) is 8.21. The number of unbranched alkanes of at least 4 members (excludes halogenated alkanes) is 1. The van der Waals surface area contributed by atoms with E-state index in [9.17, 15) is 9.59 Å². The lowest BCUT2D eigenvalue weighted by molar-refractivity contribution is -0.119. The molecule has 24 heavy (non-hydrogen) atoms. The van der Waals surface area contributed by atoms with E-state index in [0.717, 1.165) is 24.4 Å². The topological polar surface area (TPSA) is 76.0 Å². The SMILES string of the molecule is CCCCC(=O)Nc1ccc(NC(=O)[C@@H](C)n2ccnc2C)cc1. The van der Waals surface area contributed by atoms with E-state index < -0.39 is 0 Å². The largest absolute Gasteiger partial charge is 0.326 e. The summed E-state index contributed by atoms with van der Waals surface area (Å²) in [6, 6.07) is 6.78. The molecule has 0 fully saturated rings. The zero-order valence-electron chi connectivity index (χ0n) is 14.4. The fraction of sp³-hybridized carbons (Fsp3) is 0.389. The predicted octanol–water partition coefficient (Wildman–Crippen LogP) is 3.52. The highest BCUT2D eigenvalue weighted by molar-refractivity contribution is 5.94. The van der Waals surface area contributed by atoms with E-state index >= 15 is 0 Å². The Bertz CT molecular complexity index is 691. The van der Waals surface area contributed by atoms with Gasteiger partial charge in [-0.05, 0) is 44.5 Å². The normalized spacial score (nSPS) is 11.8. The van der Waals surface area contributed by atoms with Crippen LogP contribution in [-0.2, 0) is 9.59 Å². The van der Waals surface area contributed by atoms with E-state index in [0.29, 0.717) is 12.1 Å². The second-order valence-corrected chi connectivity index (χ2v) is 5.78. The molecule has 1 aromatic carbocycles. The standard InChI is InChI=1S/C18H24N4O2/c1-4-5-6-17(23)20-15-7-9-16(10-8-15)21-18(24)13(2)22-12-11-19-14(22)3/h7-13H,4-6H2,1-3H3,(H,20,23)(H,21,24)/t13-/m1/s1. The molecular formula is C18H24N4O2. The molecule has 2 N–H and O–H groups in total. The van der Waals surface area contributed by atoms with Crippen molar-refractivity contribution in [2.75, 3.05) is 10.6 Å². The van der Waals surface area contributed by atoms with Gasteiger partial charge >= 0.3 is 0 Å². The Morgan fingerprint density at radius 3 is 2.33 bits per heavy atom. The Morgan fingerprint density at radius 1 is 1.17 bits per heavy atom. The number of hydrogen-bond donors (Lipinski definition) is 2. The highest BCUT2D eigenvalue weighted by Gasteiger charge is 2.16. The van der Waals surface area contributed by atoms with Crippen LogP contribution >= 0.6 is 0 Å². The van der Waals surface area contributed by atoms with Crippen molar-refractivity contribution in [3.05, 3.63) is 42.5 Å². The first kappa shape index (κ1) is 17.7. The monoisotopic (exact) mass is 328 g/mol. The number of imidazole rings is 1.